The van der Waals surface area contributed by atoms with Crippen LogP contribution < -0.4 is 26.0 Å². The summed E-state index contributed by atoms with van der Waals surface area (Å²) in [5.41, 5.74) is 2.09. The van der Waals surface area contributed by atoms with Gasteiger partial charge in [-0.05, 0) is 53.8 Å². The molecule has 0 spiro atoms. The Labute approximate surface area is 179 Å². The number of hydrogen-bond acceptors (Lipinski definition) is 6. The van der Waals surface area contributed by atoms with Gasteiger partial charge in [-0.15, -0.1) is 0 Å². The summed E-state index contributed by atoms with van der Waals surface area (Å²) in [6.07, 6.45) is 1.58. The Bertz CT molecular complexity index is 1230. The molecule has 0 radical (unpaired) electrons. The Morgan fingerprint density at radius 1 is 1.10 bits per heavy atom. The van der Waals surface area contributed by atoms with Crippen LogP contribution in [0, 0.1) is 0 Å². The number of hydrogen-bond donors (Lipinski definition) is 3. The van der Waals surface area contributed by atoms with Gasteiger partial charge in [-0.3, -0.25) is 9.78 Å². The summed E-state index contributed by atoms with van der Waals surface area (Å²) in [7, 11) is 3.11. The fourth-order valence-electron chi connectivity index (χ4n) is 4.06. The van der Waals surface area contributed by atoms with E-state index in [-0.39, 0.29) is 5.56 Å². The molecule has 2 heterocycles. The molecule has 0 saturated carbocycles. The van der Waals surface area contributed by atoms with Crippen LogP contribution in [0.3, 0.4) is 0 Å². The average molecular weight is 423 g/mol. The number of methoxy groups -OCH3 is 2. The van der Waals surface area contributed by atoms with Crippen molar-refractivity contribution in [2.75, 3.05) is 20.8 Å². The predicted molar refractivity (Wildman–Crippen MR) is 117 cm³/mol. The first-order valence-electron chi connectivity index (χ1n) is 10.1. The second-order valence-electron chi connectivity index (χ2n) is 7.40. The molecule has 1 aromatic heterocycles. The van der Waals surface area contributed by atoms with Gasteiger partial charge in [0.1, 0.15) is 0 Å². The number of H-pyrrole nitrogens is 1. The summed E-state index contributed by atoms with van der Waals surface area (Å²) in [6.45, 7) is 2.63. The van der Waals surface area contributed by atoms with E-state index in [0.717, 1.165) is 34.1 Å². The normalized spacial score (nSPS) is 15.4. The lowest BCUT2D eigenvalue weighted by molar-refractivity contribution is 0.352. The maximum Gasteiger partial charge on any atom is 0.335 e. The first-order chi connectivity index (χ1) is 15.0. The highest BCUT2D eigenvalue weighted by Gasteiger charge is 2.30. The van der Waals surface area contributed by atoms with Gasteiger partial charge in [0.25, 0.3) is 5.56 Å². The topological polar surface area (TPSA) is 106 Å². The molecule has 1 aliphatic rings. The molecule has 3 N–H and O–H groups in total. The lowest BCUT2D eigenvalue weighted by Crippen LogP contribution is -2.38. The van der Waals surface area contributed by atoms with Gasteiger partial charge in [-0.1, -0.05) is 19.1 Å². The van der Waals surface area contributed by atoms with E-state index in [1.165, 1.54) is 0 Å². The monoisotopic (exact) mass is 423 g/mol. The van der Waals surface area contributed by atoms with E-state index >= 15 is 0 Å². The first-order valence-corrected chi connectivity index (χ1v) is 10.1. The highest BCUT2D eigenvalue weighted by atomic mass is 16.5. The van der Waals surface area contributed by atoms with Crippen molar-refractivity contribution in [2.45, 2.75) is 25.8 Å². The van der Waals surface area contributed by atoms with Crippen molar-refractivity contribution >= 4 is 0 Å². The minimum Gasteiger partial charge on any atom is -0.494 e. The molecule has 0 unspecified atom stereocenters. The zero-order chi connectivity index (χ0) is 22.1. The standard InChI is InChI=1S/C23H25N3O5/c1-4-13-5-7-15(8-6-13)26-22(28)19(21(27)25-23(26)29)20-16-12-18(31-3)17(30-2)11-14(16)9-10-24-20/h5-8,11-12,20,24,28H,4,9-10H2,1-3H3,(H,25,27,29)/t20-/m1/s1. The van der Waals surface area contributed by atoms with E-state index in [2.05, 4.69) is 10.3 Å². The summed E-state index contributed by atoms with van der Waals surface area (Å²) in [4.78, 5) is 27.7. The van der Waals surface area contributed by atoms with Crippen molar-refractivity contribution in [2.24, 2.45) is 0 Å². The molecular weight excluding hydrogens is 398 g/mol. The van der Waals surface area contributed by atoms with Crippen LogP contribution in [0.15, 0.2) is 46.0 Å². The summed E-state index contributed by atoms with van der Waals surface area (Å²) in [5.74, 6) is 0.730. The van der Waals surface area contributed by atoms with E-state index in [9.17, 15) is 14.7 Å². The van der Waals surface area contributed by atoms with Crippen molar-refractivity contribution in [1.29, 1.82) is 0 Å². The lowest BCUT2D eigenvalue weighted by atomic mass is 9.90. The van der Waals surface area contributed by atoms with Crippen LogP contribution >= 0.6 is 0 Å². The summed E-state index contributed by atoms with van der Waals surface area (Å²) >= 11 is 0. The van der Waals surface area contributed by atoms with Gasteiger partial charge in [0.15, 0.2) is 11.5 Å². The van der Waals surface area contributed by atoms with E-state index in [1.54, 1.807) is 32.4 Å². The molecule has 1 atom stereocenters. The Hall–Kier alpha value is -3.52. The summed E-state index contributed by atoms with van der Waals surface area (Å²) < 4.78 is 11.9. The molecule has 0 saturated heterocycles. The van der Waals surface area contributed by atoms with Gasteiger partial charge >= 0.3 is 5.69 Å². The second kappa shape index (κ2) is 8.31. The van der Waals surface area contributed by atoms with Crippen molar-refractivity contribution in [3.63, 3.8) is 0 Å². The molecule has 0 amide bonds. The van der Waals surface area contributed by atoms with Gasteiger partial charge < -0.3 is 19.9 Å². The zero-order valence-corrected chi connectivity index (χ0v) is 17.7. The Morgan fingerprint density at radius 3 is 2.42 bits per heavy atom. The van der Waals surface area contributed by atoms with Crippen LogP contribution in [0.25, 0.3) is 5.69 Å². The van der Waals surface area contributed by atoms with E-state index in [0.29, 0.717) is 23.7 Å². The average Bonchev–Trinajstić information content (AvgIpc) is 2.78. The molecule has 0 fully saturated rings. The third-order valence-electron chi connectivity index (χ3n) is 5.71. The van der Waals surface area contributed by atoms with Crippen LogP contribution in [0.5, 0.6) is 17.4 Å². The summed E-state index contributed by atoms with van der Waals surface area (Å²) in [5, 5.41) is 14.4. The summed E-state index contributed by atoms with van der Waals surface area (Å²) in [6, 6.07) is 10.3. The second-order valence-corrected chi connectivity index (χ2v) is 7.40. The Morgan fingerprint density at radius 2 is 1.77 bits per heavy atom. The fraction of sp³-hybridized carbons (Fsp3) is 0.304. The predicted octanol–water partition coefficient (Wildman–Crippen LogP) is 2.05. The van der Waals surface area contributed by atoms with Gasteiger partial charge in [-0.2, -0.15) is 0 Å². The number of aromatic nitrogens is 2. The third-order valence-corrected chi connectivity index (χ3v) is 5.71. The number of fused-ring (bicyclic) bond motifs is 1. The maximum absolute atomic E-state index is 12.8. The van der Waals surface area contributed by atoms with Crippen molar-refractivity contribution in [1.82, 2.24) is 14.9 Å². The number of nitrogens with one attached hydrogen (secondary N) is 2. The minimum atomic E-state index is -0.696. The molecule has 31 heavy (non-hydrogen) atoms. The molecule has 3 aromatic rings. The molecule has 162 valence electrons. The van der Waals surface area contributed by atoms with Crippen molar-refractivity contribution in [3.8, 4) is 23.1 Å². The smallest absolute Gasteiger partial charge is 0.335 e. The number of aryl methyl sites for hydroxylation is 1. The van der Waals surface area contributed by atoms with Gasteiger partial charge in [0, 0.05) is 6.54 Å². The van der Waals surface area contributed by atoms with Crippen LogP contribution in [0.1, 0.15) is 35.2 Å². The van der Waals surface area contributed by atoms with E-state index in [1.807, 2.05) is 25.1 Å². The Balaban J connectivity index is 1.90. The fourth-order valence-corrected chi connectivity index (χ4v) is 4.06. The quantitative estimate of drug-likeness (QED) is 0.580. The number of rotatable bonds is 5. The lowest BCUT2D eigenvalue weighted by Gasteiger charge is -2.28. The highest BCUT2D eigenvalue weighted by Crippen LogP contribution is 2.38. The largest absolute Gasteiger partial charge is 0.494 e. The first kappa shape index (κ1) is 20.7. The van der Waals surface area contributed by atoms with Crippen molar-refractivity contribution in [3.05, 3.63) is 79.5 Å². The van der Waals surface area contributed by atoms with Crippen LogP contribution in [0.4, 0.5) is 0 Å². The Kier molecular flexibility index (Phi) is 5.56. The van der Waals surface area contributed by atoms with E-state index in [4.69, 9.17) is 9.47 Å². The zero-order valence-electron chi connectivity index (χ0n) is 17.7. The number of ether oxygens (including phenoxy) is 2. The van der Waals surface area contributed by atoms with Crippen molar-refractivity contribution < 1.29 is 14.6 Å². The maximum atomic E-state index is 12.8. The van der Waals surface area contributed by atoms with Crippen LogP contribution in [-0.4, -0.2) is 35.4 Å². The number of aromatic amines is 1. The number of aromatic hydroxyl groups is 1. The molecule has 8 nitrogen and oxygen atoms in total. The van der Waals surface area contributed by atoms with Gasteiger partial charge in [0.2, 0.25) is 5.88 Å². The highest BCUT2D eigenvalue weighted by molar-refractivity contribution is 5.53. The molecule has 2 aromatic carbocycles. The van der Waals surface area contributed by atoms with E-state index < -0.39 is 23.2 Å². The minimum absolute atomic E-state index is 0.0762. The van der Waals surface area contributed by atoms with Crippen LogP contribution in [0.2, 0.25) is 0 Å². The van der Waals surface area contributed by atoms with Crippen LogP contribution in [-0.2, 0) is 12.8 Å². The molecule has 4 rings (SSSR count). The van der Waals surface area contributed by atoms with Gasteiger partial charge in [-0.25, -0.2) is 9.36 Å². The SMILES string of the molecule is CCc1ccc(-n2c(O)c([C@@H]3NCCc4cc(OC)c(OC)cc43)c(=O)[nH]c2=O)cc1. The molecule has 8 heteroatoms. The third kappa shape index (κ3) is 3.59. The van der Waals surface area contributed by atoms with Gasteiger partial charge in [0.05, 0.1) is 31.5 Å². The molecule has 1 aliphatic heterocycles. The molecular formula is C23H25N3O5. The molecule has 0 bridgehead atoms. The molecule has 0 aliphatic carbocycles. The number of nitrogens with zero attached hydrogens (tertiary/aromatic N) is 1. The number of benzene rings is 2.